The monoisotopic (exact) mass is 427 g/mol. The smallest absolute Gasteiger partial charge is 0.226 e. The molecule has 148 valence electrons. The molecule has 0 aliphatic carbocycles. The van der Waals surface area contributed by atoms with Crippen LogP contribution >= 0.6 is 22.9 Å². The van der Waals surface area contributed by atoms with E-state index in [4.69, 9.17) is 16.3 Å². The maximum absolute atomic E-state index is 12.2. The van der Waals surface area contributed by atoms with Gasteiger partial charge < -0.3 is 10.1 Å². The SMILES string of the molecule is O=C(Cc1csc(COc2ccc(Cl)cc2)n1)NCCc1nnc2ccccn12. The van der Waals surface area contributed by atoms with Crippen molar-refractivity contribution in [1.82, 2.24) is 24.9 Å². The highest BCUT2D eigenvalue weighted by Crippen LogP contribution is 2.18. The van der Waals surface area contributed by atoms with Crippen LogP contribution in [0.25, 0.3) is 5.65 Å². The van der Waals surface area contributed by atoms with Crippen molar-refractivity contribution in [2.75, 3.05) is 6.54 Å². The Morgan fingerprint density at radius 2 is 2.03 bits per heavy atom. The van der Waals surface area contributed by atoms with Crippen LogP contribution < -0.4 is 10.1 Å². The number of nitrogens with one attached hydrogen (secondary N) is 1. The molecule has 9 heteroatoms. The standard InChI is InChI=1S/C20H18ClN5O2S/c21-14-4-6-16(7-5-14)28-12-20-23-15(13-29-20)11-19(27)22-9-8-18-25-24-17-3-1-2-10-26(17)18/h1-7,10,13H,8-9,11-12H2,(H,22,27). The highest BCUT2D eigenvalue weighted by molar-refractivity contribution is 7.09. The van der Waals surface area contributed by atoms with Gasteiger partial charge in [-0.2, -0.15) is 0 Å². The molecule has 0 atom stereocenters. The summed E-state index contributed by atoms with van der Waals surface area (Å²) in [4.78, 5) is 16.7. The van der Waals surface area contributed by atoms with E-state index in [2.05, 4.69) is 20.5 Å². The number of benzene rings is 1. The highest BCUT2D eigenvalue weighted by Gasteiger charge is 2.10. The maximum Gasteiger partial charge on any atom is 0.226 e. The summed E-state index contributed by atoms with van der Waals surface area (Å²) in [6, 6.07) is 12.9. The van der Waals surface area contributed by atoms with Crippen molar-refractivity contribution in [3.8, 4) is 5.75 Å². The summed E-state index contributed by atoms with van der Waals surface area (Å²) < 4.78 is 7.60. The van der Waals surface area contributed by atoms with Crippen LogP contribution in [0.5, 0.6) is 5.75 Å². The Morgan fingerprint density at radius 1 is 1.17 bits per heavy atom. The second-order valence-corrected chi connectivity index (χ2v) is 7.68. The van der Waals surface area contributed by atoms with Crippen LogP contribution in [-0.2, 0) is 24.2 Å². The summed E-state index contributed by atoms with van der Waals surface area (Å²) in [5.41, 5.74) is 1.53. The van der Waals surface area contributed by atoms with Gasteiger partial charge in [0.1, 0.15) is 23.2 Å². The van der Waals surface area contributed by atoms with Gasteiger partial charge in [0.05, 0.1) is 12.1 Å². The van der Waals surface area contributed by atoms with Crippen molar-refractivity contribution in [3.63, 3.8) is 0 Å². The fourth-order valence-corrected chi connectivity index (χ4v) is 3.61. The minimum atomic E-state index is -0.0747. The molecule has 0 aliphatic heterocycles. The van der Waals surface area contributed by atoms with Crippen LogP contribution in [-0.4, -0.2) is 32.0 Å². The zero-order chi connectivity index (χ0) is 20.1. The quantitative estimate of drug-likeness (QED) is 0.466. The highest BCUT2D eigenvalue weighted by atomic mass is 35.5. The number of rotatable bonds is 8. The van der Waals surface area contributed by atoms with E-state index >= 15 is 0 Å². The second-order valence-electron chi connectivity index (χ2n) is 6.30. The third-order valence-electron chi connectivity index (χ3n) is 4.17. The van der Waals surface area contributed by atoms with Crippen LogP contribution in [0.1, 0.15) is 16.5 Å². The van der Waals surface area contributed by atoms with Gasteiger partial charge in [-0.3, -0.25) is 9.20 Å². The molecular formula is C20H18ClN5O2S. The van der Waals surface area contributed by atoms with Gasteiger partial charge >= 0.3 is 0 Å². The van der Waals surface area contributed by atoms with Crippen molar-refractivity contribution in [2.45, 2.75) is 19.4 Å². The number of carbonyl (C=O) groups excluding carboxylic acids is 1. The zero-order valence-corrected chi connectivity index (χ0v) is 17.0. The van der Waals surface area contributed by atoms with Gasteiger partial charge in [0, 0.05) is 29.6 Å². The molecule has 0 radical (unpaired) electrons. The topological polar surface area (TPSA) is 81.4 Å². The van der Waals surface area contributed by atoms with E-state index < -0.39 is 0 Å². The molecule has 3 aromatic heterocycles. The van der Waals surface area contributed by atoms with Crippen LogP contribution in [0.3, 0.4) is 0 Å². The Morgan fingerprint density at radius 3 is 2.90 bits per heavy atom. The molecule has 4 rings (SSSR count). The number of hydrogen-bond acceptors (Lipinski definition) is 6. The molecule has 0 unspecified atom stereocenters. The lowest BCUT2D eigenvalue weighted by atomic mass is 10.3. The van der Waals surface area contributed by atoms with Crippen molar-refractivity contribution in [1.29, 1.82) is 0 Å². The Hall–Kier alpha value is -2.97. The molecule has 1 amide bonds. The van der Waals surface area contributed by atoms with Gasteiger partial charge in [0.2, 0.25) is 5.91 Å². The van der Waals surface area contributed by atoms with Gasteiger partial charge in [-0.25, -0.2) is 4.98 Å². The van der Waals surface area contributed by atoms with Crippen molar-refractivity contribution in [3.05, 3.63) is 75.6 Å². The summed E-state index contributed by atoms with van der Waals surface area (Å²) in [7, 11) is 0. The summed E-state index contributed by atoms with van der Waals surface area (Å²) >= 11 is 7.33. The van der Waals surface area contributed by atoms with E-state index in [1.165, 1.54) is 11.3 Å². The van der Waals surface area contributed by atoms with Crippen LogP contribution in [0.15, 0.2) is 54.0 Å². The zero-order valence-electron chi connectivity index (χ0n) is 15.4. The third-order valence-corrected chi connectivity index (χ3v) is 5.30. The number of aromatic nitrogens is 4. The minimum absolute atomic E-state index is 0.0747. The number of thiazole rings is 1. The fourth-order valence-electron chi connectivity index (χ4n) is 2.77. The van der Waals surface area contributed by atoms with E-state index in [0.29, 0.717) is 24.6 Å². The molecule has 1 aromatic carbocycles. The molecule has 4 aromatic rings. The number of amides is 1. The first kappa shape index (κ1) is 19.4. The third kappa shape index (κ3) is 5.10. The molecular weight excluding hydrogens is 410 g/mol. The summed E-state index contributed by atoms with van der Waals surface area (Å²) in [5.74, 6) is 1.47. The molecule has 0 saturated carbocycles. The normalized spacial score (nSPS) is 10.9. The van der Waals surface area contributed by atoms with Gasteiger partial charge in [0.15, 0.2) is 5.65 Å². The Kier molecular flexibility index (Phi) is 6.02. The number of halogens is 1. The van der Waals surface area contributed by atoms with E-state index in [-0.39, 0.29) is 12.3 Å². The number of nitrogens with zero attached hydrogens (tertiary/aromatic N) is 4. The molecule has 29 heavy (non-hydrogen) atoms. The Bertz CT molecular complexity index is 1110. The van der Waals surface area contributed by atoms with Crippen LogP contribution in [0.4, 0.5) is 0 Å². The van der Waals surface area contributed by atoms with Crippen molar-refractivity contribution >= 4 is 34.5 Å². The van der Waals surface area contributed by atoms with Crippen LogP contribution in [0, 0.1) is 0 Å². The lowest BCUT2D eigenvalue weighted by Crippen LogP contribution is -2.27. The predicted molar refractivity (Wildman–Crippen MR) is 111 cm³/mol. The Labute approximate surface area is 176 Å². The molecule has 0 saturated heterocycles. The average Bonchev–Trinajstić information content (AvgIpc) is 3.35. The molecule has 0 bridgehead atoms. The van der Waals surface area contributed by atoms with E-state index in [1.54, 1.807) is 12.1 Å². The van der Waals surface area contributed by atoms with Crippen molar-refractivity contribution < 1.29 is 9.53 Å². The number of ether oxygens (including phenoxy) is 1. The molecule has 3 heterocycles. The fraction of sp³-hybridized carbons (Fsp3) is 0.200. The lowest BCUT2D eigenvalue weighted by Gasteiger charge is -2.04. The van der Waals surface area contributed by atoms with E-state index in [0.717, 1.165) is 27.9 Å². The molecule has 0 fully saturated rings. The first-order chi connectivity index (χ1) is 14.2. The van der Waals surface area contributed by atoms with Gasteiger partial charge in [-0.1, -0.05) is 17.7 Å². The summed E-state index contributed by atoms with van der Waals surface area (Å²) in [5, 5.41) is 14.5. The summed E-state index contributed by atoms with van der Waals surface area (Å²) in [6.07, 6.45) is 2.75. The summed E-state index contributed by atoms with van der Waals surface area (Å²) in [6.45, 7) is 0.846. The van der Waals surface area contributed by atoms with E-state index in [9.17, 15) is 4.79 Å². The lowest BCUT2D eigenvalue weighted by molar-refractivity contribution is -0.120. The van der Waals surface area contributed by atoms with Gasteiger partial charge in [-0.15, -0.1) is 21.5 Å². The van der Waals surface area contributed by atoms with Gasteiger partial charge in [0.25, 0.3) is 0 Å². The predicted octanol–water partition coefficient (Wildman–Crippen LogP) is 3.32. The van der Waals surface area contributed by atoms with E-state index in [1.807, 2.05) is 46.3 Å². The molecule has 7 nitrogen and oxygen atoms in total. The largest absolute Gasteiger partial charge is 0.486 e. The number of hydrogen-bond donors (Lipinski definition) is 1. The number of pyridine rings is 1. The van der Waals surface area contributed by atoms with Crippen molar-refractivity contribution in [2.24, 2.45) is 0 Å². The first-order valence-electron chi connectivity index (χ1n) is 9.04. The Balaban J connectivity index is 1.23. The van der Waals surface area contributed by atoms with Crippen LogP contribution in [0.2, 0.25) is 5.02 Å². The maximum atomic E-state index is 12.2. The molecule has 0 aliphatic rings. The number of fused-ring (bicyclic) bond motifs is 1. The second kappa shape index (κ2) is 9.02. The average molecular weight is 428 g/mol. The minimum Gasteiger partial charge on any atom is -0.486 e. The first-order valence-corrected chi connectivity index (χ1v) is 10.3. The molecule has 1 N–H and O–H groups in total. The van der Waals surface area contributed by atoms with Gasteiger partial charge in [-0.05, 0) is 36.4 Å². The number of carbonyl (C=O) groups is 1. The molecule has 0 spiro atoms.